The first kappa shape index (κ1) is 17.0. The minimum atomic E-state index is -3.80. The Balaban J connectivity index is 1.75. The zero-order valence-corrected chi connectivity index (χ0v) is 14.9. The summed E-state index contributed by atoms with van der Waals surface area (Å²) in [5.74, 6) is 0.456. The molecule has 7 nitrogen and oxygen atoms in total. The van der Waals surface area contributed by atoms with Gasteiger partial charge in [-0.05, 0) is 45.0 Å². The normalized spacial score (nSPS) is 11.3. The van der Waals surface area contributed by atoms with Gasteiger partial charge in [-0.2, -0.15) is 0 Å². The lowest BCUT2D eigenvalue weighted by molar-refractivity contribution is 0.390. The third-order valence-electron chi connectivity index (χ3n) is 3.58. The number of aryl methyl sites for hydroxylation is 3. The Labute approximate surface area is 146 Å². The van der Waals surface area contributed by atoms with Crippen LogP contribution in [0.25, 0.3) is 0 Å². The summed E-state index contributed by atoms with van der Waals surface area (Å²) >= 11 is 0. The number of nitrogens with one attached hydrogen (secondary N) is 2. The number of sulfonamides is 1. The number of hydrogen-bond acceptors (Lipinski definition) is 6. The Morgan fingerprint density at radius 1 is 0.960 bits per heavy atom. The number of rotatable bonds is 5. The van der Waals surface area contributed by atoms with Gasteiger partial charge < -0.3 is 9.84 Å². The third-order valence-corrected chi connectivity index (χ3v) is 5.18. The summed E-state index contributed by atoms with van der Waals surface area (Å²) in [6.45, 7) is 5.15. The van der Waals surface area contributed by atoms with Gasteiger partial charge in [-0.25, -0.2) is 13.4 Å². The molecule has 2 aromatic heterocycles. The predicted molar refractivity (Wildman–Crippen MR) is 95.5 cm³/mol. The van der Waals surface area contributed by atoms with Gasteiger partial charge in [0, 0.05) is 5.69 Å². The predicted octanol–water partition coefficient (Wildman–Crippen LogP) is 3.54. The Morgan fingerprint density at radius 2 is 1.64 bits per heavy atom. The van der Waals surface area contributed by atoms with Gasteiger partial charge in [0.2, 0.25) is 0 Å². The van der Waals surface area contributed by atoms with Crippen molar-refractivity contribution in [3.63, 3.8) is 0 Å². The first-order valence-corrected chi connectivity index (χ1v) is 9.09. The molecule has 0 unspecified atom stereocenters. The Morgan fingerprint density at radius 3 is 2.20 bits per heavy atom. The minimum absolute atomic E-state index is 0.0381. The minimum Gasteiger partial charge on any atom is -0.360 e. The smallest absolute Gasteiger partial charge is 0.268 e. The van der Waals surface area contributed by atoms with E-state index in [4.69, 9.17) is 4.52 Å². The number of aromatic nitrogens is 2. The summed E-state index contributed by atoms with van der Waals surface area (Å²) in [4.78, 5) is 4.18. The summed E-state index contributed by atoms with van der Waals surface area (Å²) in [6.07, 6.45) is 1.56. The van der Waals surface area contributed by atoms with E-state index in [0.717, 1.165) is 11.4 Å². The van der Waals surface area contributed by atoms with E-state index in [1.54, 1.807) is 32.2 Å². The Kier molecular flexibility index (Phi) is 4.45. The molecule has 0 aliphatic carbocycles. The molecule has 0 fully saturated rings. The molecule has 1 aromatic carbocycles. The van der Waals surface area contributed by atoms with Gasteiger partial charge in [0.05, 0.1) is 11.9 Å². The molecular weight excluding hydrogens is 340 g/mol. The van der Waals surface area contributed by atoms with Gasteiger partial charge in [0.1, 0.15) is 11.5 Å². The van der Waals surface area contributed by atoms with Gasteiger partial charge in [0.15, 0.2) is 10.7 Å². The average molecular weight is 358 g/mol. The van der Waals surface area contributed by atoms with Crippen LogP contribution in [0.15, 0.2) is 52.0 Å². The largest absolute Gasteiger partial charge is 0.360 e. The van der Waals surface area contributed by atoms with E-state index >= 15 is 0 Å². The van der Waals surface area contributed by atoms with Crippen molar-refractivity contribution in [2.75, 3.05) is 10.0 Å². The van der Waals surface area contributed by atoms with E-state index in [1.807, 2.05) is 31.2 Å². The first-order valence-electron chi connectivity index (χ1n) is 7.60. The van der Waals surface area contributed by atoms with E-state index < -0.39 is 10.0 Å². The van der Waals surface area contributed by atoms with Gasteiger partial charge >= 0.3 is 0 Å². The monoisotopic (exact) mass is 358 g/mol. The van der Waals surface area contributed by atoms with Crippen LogP contribution < -0.4 is 10.0 Å². The molecule has 0 amide bonds. The molecule has 2 N–H and O–H groups in total. The fourth-order valence-corrected chi connectivity index (χ4v) is 3.72. The van der Waals surface area contributed by atoms with Gasteiger partial charge in [-0.1, -0.05) is 22.9 Å². The van der Waals surface area contributed by atoms with E-state index in [1.165, 1.54) is 5.56 Å². The van der Waals surface area contributed by atoms with Crippen molar-refractivity contribution in [2.45, 2.75) is 25.7 Å². The van der Waals surface area contributed by atoms with Crippen LogP contribution in [-0.4, -0.2) is 18.6 Å². The molecule has 3 rings (SSSR count). The SMILES string of the molecule is Cc1ccc(Nc2ccc(NS(=O)(=O)c3c(C)noc3C)nc2)cc1. The number of hydrogen-bond donors (Lipinski definition) is 2. The zero-order valence-electron chi connectivity index (χ0n) is 14.1. The van der Waals surface area contributed by atoms with Crippen molar-refractivity contribution in [3.8, 4) is 0 Å². The van der Waals surface area contributed by atoms with Crippen LogP contribution in [-0.2, 0) is 10.0 Å². The van der Waals surface area contributed by atoms with Crippen LogP contribution in [0.2, 0.25) is 0 Å². The van der Waals surface area contributed by atoms with Crippen LogP contribution in [0.5, 0.6) is 0 Å². The van der Waals surface area contributed by atoms with Gasteiger partial charge in [-0.3, -0.25) is 4.72 Å². The van der Waals surface area contributed by atoms with Crippen molar-refractivity contribution in [1.29, 1.82) is 0 Å². The van der Waals surface area contributed by atoms with Gasteiger partial charge in [-0.15, -0.1) is 0 Å². The number of benzene rings is 1. The van der Waals surface area contributed by atoms with Crippen molar-refractivity contribution in [3.05, 3.63) is 59.6 Å². The lowest BCUT2D eigenvalue weighted by atomic mass is 10.2. The van der Waals surface area contributed by atoms with Crippen LogP contribution in [0.1, 0.15) is 17.0 Å². The quantitative estimate of drug-likeness (QED) is 0.724. The third kappa shape index (κ3) is 3.80. The highest BCUT2D eigenvalue weighted by molar-refractivity contribution is 7.92. The van der Waals surface area contributed by atoms with Gasteiger partial charge in [0.25, 0.3) is 10.0 Å². The maximum Gasteiger partial charge on any atom is 0.268 e. The molecule has 0 saturated carbocycles. The van der Waals surface area contributed by atoms with Crippen LogP contribution in [0, 0.1) is 20.8 Å². The standard InChI is InChI=1S/C17H18N4O3S/c1-11-4-6-14(7-5-11)19-15-8-9-16(18-10-15)21-25(22,23)17-12(2)20-24-13(17)3/h4-10,19H,1-3H3,(H,18,21). The highest BCUT2D eigenvalue weighted by Gasteiger charge is 2.24. The first-order chi connectivity index (χ1) is 11.8. The summed E-state index contributed by atoms with van der Waals surface area (Å²) in [6, 6.07) is 11.3. The molecule has 8 heteroatoms. The molecule has 130 valence electrons. The molecule has 0 aliphatic heterocycles. The average Bonchev–Trinajstić information content (AvgIpc) is 2.91. The molecule has 3 aromatic rings. The highest BCUT2D eigenvalue weighted by Crippen LogP contribution is 2.22. The summed E-state index contributed by atoms with van der Waals surface area (Å²) in [7, 11) is -3.80. The Hall–Kier alpha value is -2.87. The number of anilines is 3. The molecule has 0 aliphatic rings. The van der Waals surface area contributed by atoms with E-state index in [0.29, 0.717) is 5.69 Å². The lowest BCUT2D eigenvalue weighted by Gasteiger charge is -2.09. The molecule has 0 radical (unpaired) electrons. The van der Waals surface area contributed by atoms with E-state index in [-0.39, 0.29) is 16.5 Å². The van der Waals surface area contributed by atoms with Crippen LogP contribution in [0.4, 0.5) is 17.2 Å². The fourth-order valence-electron chi connectivity index (χ4n) is 2.38. The van der Waals surface area contributed by atoms with Crippen molar-refractivity contribution in [1.82, 2.24) is 10.1 Å². The summed E-state index contributed by atoms with van der Waals surface area (Å²) in [5, 5.41) is 6.87. The van der Waals surface area contributed by atoms with E-state index in [9.17, 15) is 8.42 Å². The second-order valence-electron chi connectivity index (χ2n) is 5.68. The molecule has 25 heavy (non-hydrogen) atoms. The second-order valence-corrected chi connectivity index (χ2v) is 7.30. The maximum atomic E-state index is 12.4. The van der Waals surface area contributed by atoms with Crippen LogP contribution in [0.3, 0.4) is 0 Å². The summed E-state index contributed by atoms with van der Waals surface area (Å²) < 4.78 is 32.2. The number of pyridine rings is 1. The molecule has 0 bridgehead atoms. The molecular formula is C17H18N4O3S. The molecule has 0 saturated heterocycles. The van der Waals surface area contributed by atoms with Crippen molar-refractivity contribution in [2.24, 2.45) is 0 Å². The maximum absolute atomic E-state index is 12.4. The Bertz CT molecular complexity index is 958. The van der Waals surface area contributed by atoms with E-state index in [2.05, 4.69) is 20.2 Å². The number of nitrogens with zero attached hydrogens (tertiary/aromatic N) is 2. The van der Waals surface area contributed by atoms with Crippen molar-refractivity contribution < 1.29 is 12.9 Å². The fraction of sp³-hybridized carbons (Fsp3) is 0.176. The lowest BCUT2D eigenvalue weighted by Crippen LogP contribution is -2.15. The molecule has 0 spiro atoms. The molecule has 2 heterocycles. The van der Waals surface area contributed by atoms with Crippen molar-refractivity contribution >= 4 is 27.2 Å². The van der Waals surface area contributed by atoms with Crippen LogP contribution >= 0.6 is 0 Å². The topological polar surface area (TPSA) is 97.1 Å². The summed E-state index contributed by atoms with van der Waals surface area (Å²) in [5.41, 5.74) is 3.16. The zero-order chi connectivity index (χ0) is 18.0. The molecule has 0 atom stereocenters. The second kappa shape index (κ2) is 6.56. The highest BCUT2D eigenvalue weighted by atomic mass is 32.2.